The number of hydrogen-bond donors (Lipinski definition) is 1. The van der Waals surface area contributed by atoms with Crippen LogP contribution < -0.4 is 10.5 Å². The first-order valence-corrected chi connectivity index (χ1v) is 13.8. The highest BCUT2D eigenvalue weighted by Crippen LogP contribution is 2.57. The molecule has 0 aromatic heterocycles. The lowest BCUT2D eigenvalue weighted by Crippen LogP contribution is -2.69. The molecule has 2 bridgehead atoms. The maximum Gasteiger partial charge on any atom is 0.513 e. The predicted octanol–water partition coefficient (Wildman–Crippen LogP) is 3.31. The van der Waals surface area contributed by atoms with Crippen LogP contribution in [0.25, 0.3) is 0 Å². The highest BCUT2D eigenvalue weighted by molar-refractivity contribution is 5.69. The minimum absolute atomic E-state index is 0.0894. The molecule has 0 amide bonds. The van der Waals surface area contributed by atoms with Gasteiger partial charge in [-0.1, -0.05) is 18.9 Å². The van der Waals surface area contributed by atoms with Gasteiger partial charge < -0.3 is 29.4 Å². The molecule has 1 saturated heterocycles. The molecule has 2 aliphatic carbocycles. The number of piperidine rings is 1. The maximum atomic E-state index is 12.5. The minimum Gasteiger partial charge on any atom is -0.434 e. The molecular weight excluding hydrogens is 476 g/mol. The van der Waals surface area contributed by atoms with E-state index < -0.39 is 6.16 Å². The van der Waals surface area contributed by atoms with Gasteiger partial charge in [-0.05, 0) is 43.0 Å². The van der Waals surface area contributed by atoms with Crippen molar-refractivity contribution in [3.05, 3.63) is 29.3 Å². The van der Waals surface area contributed by atoms with Crippen molar-refractivity contribution >= 4 is 12.1 Å². The van der Waals surface area contributed by atoms with E-state index in [0.717, 1.165) is 30.3 Å². The lowest BCUT2D eigenvalue weighted by molar-refractivity contribution is -0.959. The van der Waals surface area contributed by atoms with Crippen LogP contribution in [0.3, 0.4) is 0 Å². The van der Waals surface area contributed by atoms with Gasteiger partial charge >= 0.3 is 12.1 Å². The number of ether oxygens (including phenoxy) is 5. The van der Waals surface area contributed by atoms with Crippen LogP contribution in [0.15, 0.2) is 18.2 Å². The Bertz CT molecular complexity index is 941. The number of likely N-dealkylation sites (N-methyl/N-ethyl adjacent to an activating group) is 1. The standard InChI is InChI=1S/C28H43N2O7/c1-3-35-27(32)37-22-8-7-21-18-25-23-6-4-5-10-28(23,24(21)19-22)11-13-30(25,2)20-36-26(31)9-14-33-16-17-34-15-12-29/h7-8,19,23,25H,3-6,9-18,20,29H2,1-2H3/q+1/t23-,25+,28+,30?/m0/s1. The second-order valence-electron chi connectivity index (χ2n) is 10.7. The summed E-state index contributed by atoms with van der Waals surface area (Å²) in [6.07, 6.45) is 6.30. The fourth-order valence-electron chi connectivity index (χ4n) is 6.77. The molecule has 37 heavy (non-hydrogen) atoms. The SMILES string of the molecule is CCOC(=O)Oc1ccc2c(c1)[C@@]13CCCC[C@H]1[C@@H](C2)[N+](C)(COC(=O)CCOCCOCCN)CC3. The maximum absolute atomic E-state index is 12.5. The van der Waals surface area contributed by atoms with Gasteiger partial charge in [0.1, 0.15) is 5.75 Å². The Morgan fingerprint density at radius 3 is 2.68 bits per heavy atom. The highest BCUT2D eigenvalue weighted by atomic mass is 16.7. The van der Waals surface area contributed by atoms with Crippen LogP contribution >= 0.6 is 0 Å². The van der Waals surface area contributed by atoms with Crippen molar-refractivity contribution in [2.75, 3.05) is 59.9 Å². The van der Waals surface area contributed by atoms with Crippen LogP contribution in [-0.2, 0) is 35.6 Å². The summed E-state index contributed by atoms with van der Waals surface area (Å²) in [5, 5.41) is 0. The highest BCUT2D eigenvalue weighted by Gasteiger charge is 2.59. The number of esters is 1. The van der Waals surface area contributed by atoms with Gasteiger partial charge in [0.2, 0.25) is 6.73 Å². The number of rotatable bonds is 12. The van der Waals surface area contributed by atoms with E-state index in [9.17, 15) is 9.59 Å². The third-order valence-corrected chi connectivity index (χ3v) is 8.55. The van der Waals surface area contributed by atoms with Gasteiger partial charge in [0.05, 0.1) is 59.1 Å². The number of likely N-dealkylation sites (tertiary alicyclic amines) is 1. The van der Waals surface area contributed by atoms with Crippen LogP contribution in [0, 0.1) is 5.92 Å². The van der Waals surface area contributed by atoms with Crippen molar-refractivity contribution in [3.63, 3.8) is 0 Å². The molecule has 1 aromatic rings. The number of quaternary nitrogens is 1. The number of carbonyl (C=O) groups is 2. The van der Waals surface area contributed by atoms with Crippen LogP contribution in [0.1, 0.15) is 56.6 Å². The Morgan fingerprint density at radius 2 is 1.89 bits per heavy atom. The van der Waals surface area contributed by atoms with Gasteiger partial charge in [-0.25, -0.2) is 4.79 Å². The van der Waals surface area contributed by atoms with Crippen LogP contribution in [0.4, 0.5) is 4.79 Å². The Kier molecular flexibility index (Phi) is 9.45. The number of fused-ring (bicyclic) bond motifs is 1. The van der Waals surface area contributed by atoms with Crippen molar-refractivity contribution in [1.82, 2.24) is 0 Å². The number of hydrogen-bond acceptors (Lipinski definition) is 8. The largest absolute Gasteiger partial charge is 0.513 e. The molecule has 0 spiro atoms. The summed E-state index contributed by atoms with van der Waals surface area (Å²) in [5.41, 5.74) is 8.13. The van der Waals surface area contributed by atoms with E-state index in [2.05, 4.69) is 19.2 Å². The van der Waals surface area contributed by atoms with Gasteiger partial charge in [-0.3, -0.25) is 9.28 Å². The van der Waals surface area contributed by atoms with Crippen LogP contribution in [0.5, 0.6) is 5.75 Å². The number of carbonyl (C=O) groups excluding carboxylic acids is 2. The fraction of sp³-hybridized carbons (Fsp3) is 0.714. The van der Waals surface area contributed by atoms with E-state index in [-0.39, 0.29) is 24.4 Å². The van der Waals surface area contributed by atoms with Crippen molar-refractivity contribution in [2.45, 2.75) is 63.3 Å². The number of nitrogens with zero attached hydrogens (tertiary/aromatic N) is 1. The first kappa shape index (κ1) is 27.8. The Balaban J connectivity index is 1.40. The zero-order valence-corrected chi connectivity index (χ0v) is 22.4. The molecule has 206 valence electrons. The van der Waals surface area contributed by atoms with E-state index in [1.807, 2.05) is 6.07 Å². The number of benzene rings is 1. The van der Waals surface area contributed by atoms with Gasteiger partial charge in [0.15, 0.2) is 0 Å². The third-order valence-electron chi connectivity index (χ3n) is 8.55. The van der Waals surface area contributed by atoms with Crippen molar-refractivity contribution < 1.29 is 37.8 Å². The second kappa shape index (κ2) is 12.6. The Morgan fingerprint density at radius 1 is 1.08 bits per heavy atom. The molecule has 2 N–H and O–H groups in total. The van der Waals surface area contributed by atoms with Gasteiger partial charge in [-0.15, -0.1) is 0 Å². The predicted molar refractivity (Wildman–Crippen MR) is 137 cm³/mol. The molecule has 9 heteroatoms. The van der Waals surface area contributed by atoms with Crippen molar-refractivity contribution in [3.8, 4) is 5.75 Å². The molecule has 0 radical (unpaired) electrons. The van der Waals surface area contributed by atoms with Crippen LogP contribution in [-0.4, -0.2) is 82.6 Å². The molecule has 9 nitrogen and oxygen atoms in total. The molecule has 1 aliphatic heterocycles. The van der Waals surface area contributed by atoms with E-state index in [0.29, 0.717) is 57.4 Å². The van der Waals surface area contributed by atoms with Crippen molar-refractivity contribution in [1.29, 1.82) is 0 Å². The monoisotopic (exact) mass is 519 g/mol. The molecule has 2 fully saturated rings. The normalized spacial score (nSPS) is 28.1. The summed E-state index contributed by atoms with van der Waals surface area (Å²) < 4.78 is 27.7. The molecule has 1 saturated carbocycles. The topological polar surface area (TPSA) is 106 Å². The average molecular weight is 520 g/mol. The summed E-state index contributed by atoms with van der Waals surface area (Å²) in [7, 11) is 2.24. The Labute approximate surface area is 220 Å². The smallest absolute Gasteiger partial charge is 0.434 e. The molecule has 3 aliphatic rings. The third kappa shape index (κ3) is 6.28. The second-order valence-corrected chi connectivity index (χ2v) is 10.7. The molecule has 1 unspecified atom stereocenters. The fourth-order valence-corrected chi connectivity index (χ4v) is 6.77. The lowest BCUT2D eigenvalue weighted by atomic mass is 9.52. The molecule has 1 aromatic carbocycles. The van der Waals surface area contributed by atoms with Crippen LogP contribution in [0.2, 0.25) is 0 Å². The first-order valence-electron chi connectivity index (χ1n) is 13.8. The zero-order chi connectivity index (χ0) is 26.3. The zero-order valence-electron chi connectivity index (χ0n) is 22.4. The molecule has 1 heterocycles. The van der Waals surface area contributed by atoms with E-state index in [1.165, 1.54) is 30.4 Å². The summed E-state index contributed by atoms with van der Waals surface area (Å²) in [6.45, 7) is 5.64. The molecular formula is C28H43N2O7+. The van der Waals surface area contributed by atoms with E-state index >= 15 is 0 Å². The quantitative estimate of drug-likeness (QED) is 0.194. The van der Waals surface area contributed by atoms with Crippen molar-refractivity contribution in [2.24, 2.45) is 11.7 Å². The first-order chi connectivity index (χ1) is 17.9. The number of nitrogens with two attached hydrogens (primary N) is 1. The summed E-state index contributed by atoms with van der Waals surface area (Å²) >= 11 is 0. The Hall–Kier alpha value is -2.20. The van der Waals surface area contributed by atoms with Gasteiger partial charge in [-0.2, -0.15) is 0 Å². The average Bonchev–Trinajstić information content (AvgIpc) is 2.89. The van der Waals surface area contributed by atoms with Gasteiger partial charge in [0, 0.05) is 30.7 Å². The van der Waals surface area contributed by atoms with Gasteiger partial charge in [0.25, 0.3) is 0 Å². The summed E-state index contributed by atoms with van der Waals surface area (Å²) in [6, 6.07) is 6.45. The summed E-state index contributed by atoms with van der Waals surface area (Å²) in [5.74, 6) is 0.847. The molecule has 4 rings (SSSR count). The minimum atomic E-state index is -0.658. The summed E-state index contributed by atoms with van der Waals surface area (Å²) in [4.78, 5) is 24.4. The lowest BCUT2D eigenvalue weighted by Gasteiger charge is -2.60. The van der Waals surface area contributed by atoms with E-state index in [1.54, 1.807) is 6.92 Å². The van der Waals surface area contributed by atoms with E-state index in [4.69, 9.17) is 29.4 Å². The molecule has 4 atom stereocenters.